The van der Waals surface area contributed by atoms with Crippen LogP contribution in [0.2, 0.25) is 0 Å². The summed E-state index contributed by atoms with van der Waals surface area (Å²) in [5.74, 6) is 1.12. The van der Waals surface area contributed by atoms with Gasteiger partial charge >= 0.3 is 0 Å². The fourth-order valence-corrected chi connectivity index (χ4v) is 5.28. The van der Waals surface area contributed by atoms with Crippen molar-refractivity contribution in [3.63, 3.8) is 0 Å². The number of unbranched alkanes of at least 4 members (excludes halogenated alkanes) is 1. The monoisotopic (exact) mass is 392 g/mol. The summed E-state index contributed by atoms with van der Waals surface area (Å²) in [6.07, 6.45) is 7.67. The molecule has 1 aromatic carbocycles. The SMILES string of the molecule is CCCCn1c(CN2C(=O)C3(CN(C=O)C3)c3ccccc32)nc2c1CCCC2. The number of hydrogen-bond acceptors (Lipinski definition) is 3. The number of carbonyl (C=O) groups excluding carboxylic acids is 2. The molecule has 0 bridgehead atoms. The molecule has 1 aliphatic carbocycles. The zero-order valence-electron chi connectivity index (χ0n) is 17.1. The Hall–Kier alpha value is -2.63. The van der Waals surface area contributed by atoms with Crippen molar-refractivity contribution < 1.29 is 9.59 Å². The smallest absolute Gasteiger partial charge is 0.241 e. The van der Waals surface area contributed by atoms with Gasteiger partial charge in [0.1, 0.15) is 11.2 Å². The lowest BCUT2D eigenvalue weighted by Crippen LogP contribution is -2.63. The van der Waals surface area contributed by atoms with Gasteiger partial charge in [-0.3, -0.25) is 9.59 Å². The van der Waals surface area contributed by atoms with E-state index in [4.69, 9.17) is 4.98 Å². The van der Waals surface area contributed by atoms with E-state index in [1.807, 2.05) is 29.2 Å². The molecule has 2 amide bonds. The molecule has 0 unspecified atom stereocenters. The number of anilines is 1. The topological polar surface area (TPSA) is 58.4 Å². The van der Waals surface area contributed by atoms with Crippen LogP contribution in [0.5, 0.6) is 0 Å². The summed E-state index contributed by atoms with van der Waals surface area (Å²) in [5, 5.41) is 0. The summed E-state index contributed by atoms with van der Waals surface area (Å²) >= 11 is 0. The van der Waals surface area contributed by atoms with Gasteiger partial charge in [-0.1, -0.05) is 31.5 Å². The van der Waals surface area contributed by atoms with Gasteiger partial charge in [-0.2, -0.15) is 0 Å². The number of likely N-dealkylation sites (tertiary alicyclic amines) is 1. The van der Waals surface area contributed by atoms with Crippen molar-refractivity contribution in [1.29, 1.82) is 0 Å². The predicted octanol–water partition coefficient (Wildman–Crippen LogP) is 2.82. The third kappa shape index (κ3) is 2.72. The van der Waals surface area contributed by atoms with Gasteiger partial charge in [0, 0.05) is 31.0 Å². The van der Waals surface area contributed by atoms with E-state index in [9.17, 15) is 9.59 Å². The number of aromatic nitrogens is 2. The second-order valence-electron chi connectivity index (χ2n) is 8.63. The number of fused-ring (bicyclic) bond motifs is 3. The summed E-state index contributed by atoms with van der Waals surface area (Å²) in [6, 6.07) is 8.06. The van der Waals surface area contributed by atoms with Crippen molar-refractivity contribution in [1.82, 2.24) is 14.5 Å². The van der Waals surface area contributed by atoms with Crippen LogP contribution >= 0.6 is 0 Å². The number of imidazole rings is 1. The summed E-state index contributed by atoms with van der Waals surface area (Å²) < 4.78 is 2.39. The molecule has 3 aliphatic rings. The summed E-state index contributed by atoms with van der Waals surface area (Å²) in [5.41, 5.74) is 4.07. The Kier molecular flexibility index (Phi) is 4.45. The van der Waals surface area contributed by atoms with E-state index in [0.29, 0.717) is 19.6 Å². The first-order valence-electron chi connectivity index (χ1n) is 10.9. The van der Waals surface area contributed by atoms with Crippen LogP contribution in [0.1, 0.15) is 55.4 Å². The molecule has 152 valence electrons. The van der Waals surface area contributed by atoms with Crippen LogP contribution in [0.3, 0.4) is 0 Å². The molecule has 6 nitrogen and oxygen atoms in total. The van der Waals surface area contributed by atoms with E-state index in [0.717, 1.165) is 55.7 Å². The Labute approximate surface area is 171 Å². The first kappa shape index (κ1) is 18.4. The molecule has 5 rings (SSSR count). The average Bonchev–Trinajstić information content (AvgIpc) is 3.18. The van der Waals surface area contributed by atoms with Gasteiger partial charge in [-0.15, -0.1) is 0 Å². The molecule has 0 N–H and O–H groups in total. The maximum absolute atomic E-state index is 13.5. The Morgan fingerprint density at radius 1 is 1.17 bits per heavy atom. The minimum atomic E-state index is -0.571. The van der Waals surface area contributed by atoms with Gasteiger partial charge in [0.15, 0.2) is 0 Å². The van der Waals surface area contributed by atoms with Crippen LogP contribution in [-0.4, -0.2) is 39.9 Å². The van der Waals surface area contributed by atoms with E-state index >= 15 is 0 Å². The van der Waals surface area contributed by atoms with Crippen molar-refractivity contribution in [3.8, 4) is 0 Å². The standard InChI is InChI=1S/C23H28N4O2/c1-2-3-12-26-20-11-7-5-9-18(20)24-21(26)13-27-19-10-6-4-8-17(19)23(22(27)29)14-25(15-23)16-28/h4,6,8,10,16H,2-3,5,7,9,11-15H2,1H3. The lowest BCUT2D eigenvalue weighted by Gasteiger charge is -2.44. The van der Waals surface area contributed by atoms with Gasteiger partial charge < -0.3 is 14.4 Å². The first-order chi connectivity index (χ1) is 14.2. The molecular formula is C23H28N4O2. The molecule has 0 atom stereocenters. The van der Waals surface area contributed by atoms with Gasteiger partial charge in [-0.25, -0.2) is 4.98 Å². The van der Waals surface area contributed by atoms with Gasteiger partial charge in [0.25, 0.3) is 0 Å². The molecule has 6 heteroatoms. The first-order valence-corrected chi connectivity index (χ1v) is 10.9. The van der Waals surface area contributed by atoms with Gasteiger partial charge in [0.05, 0.1) is 12.2 Å². The summed E-state index contributed by atoms with van der Waals surface area (Å²) in [6.45, 7) is 4.65. The number of para-hydroxylation sites is 1. The number of aryl methyl sites for hydroxylation is 1. The fourth-order valence-electron chi connectivity index (χ4n) is 5.28. The lowest BCUT2D eigenvalue weighted by atomic mass is 9.75. The Bertz CT molecular complexity index is 958. The second kappa shape index (κ2) is 7.01. The maximum atomic E-state index is 13.5. The number of nitrogens with zero attached hydrogens (tertiary/aromatic N) is 4. The van der Waals surface area contributed by atoms with Crippen molar-refractivity contribution in [2.24, 2.45) is 0 Å². The van der Waals surface area contributed by atoms with Gasteiger partial charge in [-0.05, 0) is 43.7 Å². The minimum Gasteiger partial charge on any atom is -0.342 e. The van der Waals surface area contributed by atoms with Crippen LogP contribution in [-0.2, 0) is 40.9 Å². The second-order valence-corrected chi connectivity index (χ2v) is 8.63. The Balaban J connectivity index is 1.50. The van der Waals surface area contributed by atoms with Crippen molar-refractivity contribution in [2.75, 3.05) is 18.0 Å². The molecule has 2 aliphatic heterocycles. The molecule has 1 spiro atoms. The summed E-state index contributed by atoms with van der Waals surface area (Å²) in [4.78, 5) is 33.3. The zero-order valence-corrected chi connectivity index (χ0v) is 17.1. The number of carbonyl (C=O) groups is 2. The number of hydrogen-bond donors (Lipinski definition) is 0. The highest BCUT2D eigenvalue weighted by Gasteiger charge is 2.57. The highest BCUT2D eigenvalue weighted by Crippen LogP contribution is 2.47. The molecular weight excluding hydrogens is 364 g/mol. The quantitative estimate of drug-likeness (QED) is 0.711. The fraction of sp³-hybridized carbons (Fsp3) is 0.522. The van der Waals surface area contributed by atoms with Crippen LogP contribution < -0.4 is 4.90 Å². The van der Waals surface area contributed by atoms with E-state index in [-0.39, 0.29) is 5.91 Å². The normalized spacial score (nSPS) is 19.3. The number of rotatable bonds is 6. The van der Waals surface area contributed by atoms with Crippen LogP contribution in [0, 0.1) is 0 Å². The lowest BCUT2D eigenvalue weighted by molar-refractivity contribution is -0.135. The number of amides is 2. The third-order valence-electron chi connectivity index (χ3n) is 6.81. The molecule has 1 fully saturated rings. The zero-order chi connectivity index (χ0) is 20.0. The average molecular weight is 393 g/mol. The molecule has 1 saturated heterocycles. The highest BCUT2D eigenvalue weighted by molar-refractivity contribution is 6.09. The van der Waals surface area contributed by atoms with Crippen LogP contribution in [0.15, 0.2) is 24.3 Å². The Morgan fingerprint density at radius 3 is 2.76 bits per heavy atom. The maximum Gasteiger partial charge on any atom is 0.241 e. The summed E-state index contributed by atoms with van der Waals surface area (Å²) in [7, 11) is 0. The van der Waals surface area contributed by atoms with Crippen LogP contribution in [0.25, 0.3) is 0 Å². The van der Waals surface area contributed by atoms with E-state index in [1.54, 1.807) is 4.90 Å². The van der Waals surface area contributed by atoms with Gasteiger partial charge in [0.2, 0.25) is 12.3 Å². The molecule has 1 aromatic heterocycles. The third-order valence-corrected chi connectivity index (χ3v) is 6.81. The van der Waals surface area contributed by atoms with E-state index in [1.165, 1.54) is 24.2 Å². The molecule has 3 heterocycles. The minimum absolute atomic E-state index is 0.111. The molecule has 0 saturated carbocycles. The van der Waals surface area contributed by atoms with Crippen LogP contribution in [0.4, 0.5) is 5.69 Å². The van der Waals surface area contributed by atoms with E-state index in [2.05, 4.69) is 11.5 Å². The van der Waals surface area contributed by atoms with Crippen molar-refractivity contribution in [3.05, 3.63) is 47.0 Å². The molecule has 2 aromatic rings. The van der Waals surface area contributed by atoms with Crippen molar-refractivity contribution >= 4 is 18.0 Å². The predicted molar refractivity (Wildman–Crippen MR) is 111 cm³/mol. The van der Waals surface area contributed by atoms with Crippen molar-refractivity contribution in [2.45, 2.75) is 64.0 Å². The molecule has 29 heavy (non-hydrogen) atoms. The van der Waals surface area contributed by atoms with E-state index < -0.39 is 5.41 Å². The highest BCUT2D eigenvalue weighted by atomic mass is 16.2. The molecule has 0 radical (unpaired) electrons. The number of benzene rings is 1. The Morgan fingerprint density at radius 2 is 1.97 bits per heavy atom. The largest absolute Gasteiger partial charge is 0.342 e.